The third-order valence-corrected chi connectivity index (χ3v) is 3.20. The van der Waals surface area contributed by atoms with E-state index in [9.17, 15) is 9.59 Å². The van der Waals surface area contributed by atoms with E-state index in [4.69, 9.17) is 18.9 Å². The summed E-state index contributed by atoms with van der Waals surface area (Å²) < 4.78 is 21.3. The van der Waals surface area contributed by atoms with Crippen molar-refractivity contribution in [3.63, 3.8) is 0 Å². The van der Waals surface area contributed by atoms with Crippen LogP contribution < -0.4 is 14.8 Å². The van der Waals surface area contributed by atoms with Gasteiger partial charge in [-0.25, -0.2) is 9.59 Å². The fourth-order valence-corrected chi connectivity index (χ4v) is 2.02. The summed E-state index contributed by atoms with van der Waals surface area (Å²) in [5, 5.41) is 2.68. The molecule has 0 aliphatic heterocycles. The summed E-state index contributed by atoms with van der Waals surface area (Å²) in [7, 11) is 1.50. The molecule has 1 amide bonds. The minimum absolute atomic E-state index is 0.271. The number of benzene rings is 1. The van der Waals surface area contributed by atoms with E-state index in [1.54, 1.807) is 59.7 Å². The molecule has 0 unspecified atom stereocenters. The lowest BCUT2D eigenvalue weighted by Gasteiger charge is -2.25. The Morgan fingerprint density at radius 3 is 2.27 bits per heavy atom. The summed E-state index contributed by atoms with van der Waals surface area (Å²) in [4.78, 5) is 23.7. The smallest absolute Gasteiger partial charge is 0.407 e. The normalized spacial score (nSPS) is 11.5. The molecule has 0 fully saturated rings. The van der Waals surface area contributed by atoms with E-state index in [1.165, 1.54) is 7.11 Å². The number of carbonyl (C=O) groups is 2. The van der Waals surface area contributed by atoms with Gasteiger partial charge in [-0.15, -0.1) is 0 Å². The Labute approximate surface area is 155 Å². The fraction of sp³-hybridized carbons (Fsp3) is 0.579. The van der Waals surface area contributed by atoms with Crippen LogP contribution in [0, 0.1) is 0 Å². The summed E-state index contributed by atoms with van der Waals surface area (Å²) in [5.41, 5.74) is -0.911. The van der Waals surface area contributed by atoms with Crippen molar-refractivity contribution in [2.75, 3.05) is 13.7 Å². The van der Waals surface area contributed by atoms with Crippen LogP contribution in [0.4, 0.5) is 4.79 Å². The first kappa shape index (κ1) is 21.6. The predicted molar refractivity (Wildman–Crippen MR) is 97.4 cm³/mol. The van der Waals surface area contributed by atoms with Gasteiger partial charge in [-0.3, -0.25) is 0 Å². The molecular formula is C19H29NO6. The van der Waals surface area contributed by atoms with E-state index in [-0.39, 0.29) is 13.2 Å². The van der Waals surface area contributed by atoms with Gasteiger partial charge in [-0.05, 0) is 59.2 Å². The Kier molecular flexibility index (Phi) is 7.29. The highest BCUT2D eigenvalue weighted by Gasteiger charge is 2.32. The number of rotatable bonds is 7. The van der Waals surface area contributed by atoms with Crippen molar-refractivity contribution in [3.8, 4) is 11.5 Å². The average molecular weight is 367 g/mol. The lowest BCUT2D eigenvalue weighted by Crippen LogP contribution is -2.39. The second-order valence-electron chi connectivity index (χ2n) is 7.17. The molecule has 146 valence electrons. The van der Waals surface area contributed by atoms with Crippen molar-refractivity contribution in [1.29, 1.82) is 0 Å². The molecule has 1 aromatic carbocycles. The van der Waals surface area contributed by atoms with Crippen molar-refractivity contribution in [2.24, 2.45) is 0 Å². The second kappa shape index (κ2) is 8.78. The highest BCUT2D eigenvalue weighted by Crippen LogP contribution is 2.31. The Bertz CT molecular complexity index is 633. The van der Waals surface area contributed by atoms with Crippen LogP contribution in [0.5, 0.6) is 11.5 Å². The molecule has 1 rings (SSSR count). The molecule has 0 aliphatic rings. The van der Waals surface area contributed by atoms with Crippen LogP contribution in [-0.4, -0.2) is 37.0 Å². The lowest BCUT2D eigenvalue weighted by atomic mass is 10.1. The Hall–Kier alpha value is -2.44. The van der Waals surface area contributed by atoms with E-state index >= 15 is 0 Å². The van der Waals surface area contributed by atoms with E-state index in [1.807, 2.05) is 0 Å². The molecule has 0 saturated heterocycles. The highest BCUT2D eigenvalue weighted by atomic mass is 16.6. The van der Waals surface area contributed by atoms with Crippen molar-refractivity contribution in [2.45, 2.75) is 59.3 Å². The molecule has 1 N–H and O–H groups in total. The number of amides is 1. The Morgan fingerprint density at radius 1 is 1.08 bits per heavy atom. The molecule has 7 nitrogen and oxygen atoms in total. The largest absolute Gasteiger partial charge is 0.493 e. The Morgan fingerprint density at radius 2 is 1.73 bits per heavy atom. The molecule has 0 aromatic heterocycles. The number of esters is 1. The highest BCUT2D eigenvalue weighted by molar-refractivity contribution is 5.79. The monoisotopic (exact) mass is 367 g/mol. The second-order valence-corrected chi connectivity index (χ2v) is 7.17. The number of carbonyl (C=O) groups excluding carboxylic acids is 2. The SMILES string of the molecule is CCOC(=O)C(C)(C)Oc1ccc(CNC(=O)OC(C)(C)C)cc1OC. The molecule has 0 bridgehead atoms. The van der Waals surface area contributed by atoms with Crippen LogP contribution in [0.3, 0.4) is 0 Å². The number of nitrogens with one attached hydrogen (secondary N) is 1. The van der Waals surface area contributed by atoms with Crippen molar-refractivity contribution >= 4 is 12.1 Å². The third kappa shape index (κ3) is 6.82. The molecule has 0 spiro atoms. The van der Waals surface area contributed by atoms with E-state index in [0.717, 1.165) is 5.56 Å². The summed E-state index contributed by atoms with van der Waals surface area (Å²) >= 11 is 0. The molecule has 0 aliphatic carbocycles. The van der Waals surface area contributed by atoms with Crippen molar-refractivity contribution in [1.82, 2.24) is 5.32 Å². The molecular weight excluding hydrogens is 338 g/mol. The van der Waals surface area contributed by atoms with E-state index < -0.39 is 23.3 Å². The zero-order chi connectivity index (χ0) is 20.0. The first-order valence-corrected chi connectivity index (χ1v) is 8.48. The zero-order valence-corrected chi connectivity index (χ0v) is 16.6. The van der Waals surface area contributed by atoms with Gasteiger partial charge in [-0.2, -0.15) is 0 Å². The van der Waals surface area contributed by atoms with E-state index in [2.05, 4.69) is 5.32 Å². The number of methoxy groups -OCH3 is 1. The average Bonchev–Trinajstić information content (AvgIpc) is 2.52. The lowest BCUT2D eigenvalue weighted by molar-refractivity contribution is -0.158. The minimum atomic E-state index is -1.15. The van der Waals surface area contributed by atoms with Crippen LogP contribution in [-0.2, 0) is 20.8 Å². The minimum Gasteiger partial charge on any atom is -0.493 e. The van der Waals surface area contributed by atoms with E-state index in [0.29, 0.717) is 11.5 Å². The molecule has 0 heterocycles. The number of hydrogen-bond acceptors (Lipinski definition) is 6. The molecule has 0 saturated carbocycles. The van der Waals surface area contributed by atoms with Gasteiger partial charge in [0.05, 0.1) is 13.7 Å². The third-order valence-electron chi connectivity index (χ3n) is 3.20. The summed E-state index contributed by atoms with van der Waals surface area (Å²) in [5.74, 6) is 0.398. The van der Waals surface area contributed by atoms with Gasteiger partial charge in [0.25, 0.3) is 0 Å². The summed E-state index contributed by atoms with van der Waals surface area (Å²) in [6.07, 6.45) is -0.500. The molecule has 26 heavy (non-hydrogen) atoms. The van der Waals surface area contributed by atoms with Gasteiger partial charge in [0, 0.05) is 6.54 Å². The van der Waals surface area contributed by atoms with Crippen LogP contribution in [0.15, 0.2) is 18.2 Å². The van der Waals surface area contributed by atoms with Crippen LogP contribution in [0.25, 0.3) is 0 Å². The first-order chi connectivity index (χ1) is 12.0. The summed E-state index contributed by atoms with van der Waals surface area (Å²) in [6, 6.07) is 5.19. The quantitative estimate of drug-likeness (QED) is 0.743. The maximum atomic E-state index is 12.0. The maximum Gasteiger partial charge on any atom is 0.407 e. The van der Waals surface area contributed by atoms with Gasteiger partial charge < -0.3 is 24.3 Å². The fourth-order valence-electron chi connectivity index (χ4n) is 2.02. The van der Waals surface area contributed by atoms with Crippen LogP contribution in [0.1, 0.15) is 47.1 Å². The first-order valence-electron chi connectivity index (χ1n) is 8.48. The van der Waals surface area contributed by atoms with Gasteiger partial charge in [-0.1, -0.05) is 6.07 Å². The summed E-state index contributed by atoms with van der Waals surface area (Å²) in [6.45, 7) is 10.9. The van der Waals surface area contributed by atoms with Crippen LogP contribution in [0.2, 0.25) is 0 Å². The molecule has 0 atom stereocenters. The molecule has 0 radical (unpaired) electrons. The Balaban J connectivity index is 2.81. The van der Waals surface area contributed by atoms with Crippen molar-refractivity contribution < 1.29 is 28.5 Å². The van der Waals surface area contributed by atoms with Crippen LogP contribution >= 0.6 is 0 Å². The molecule has 7 heteroatoms. The molecule has 1 aromatic rings. The van der Waals surface area contributed by atoms with Crippen molar-refractivity contribution in [3.05, 3.63) is 23.8 Å². The number of ether oxygens (including phenoxy) is 4. The number of alkyl carbamates (subject to hydrolysis) is 1. The van der Waals surface area contributed by atoms with Gasteiger partial charge >= 0.3 is 12.1 Å². The number of hydrogen-bond donors (Lipinski definition) is 1. The predicted octanol–water partition coefficient (Wildman–Crippen LogP) is 3.44. The zero-order valence-electron chi connectivity index (χ0n) is 16.6. The standard InChI is InChI=1S/C19H29NO6/c1-8-24-16(21)19(5,6)25-14-10-9-13(11-15(14)23-7)12-20-17(22)26-18(2,3)4/h9-11H,8,12H2,1-7H3,(H,20,22). The topological polar surface area (TPSA) is 83.1 Å². The maximum absolute atomic E-state index is 12.0. The van der Waals surface area contributed by atoms with Gasteiger partial charge in [0.15, 0.2) is 17.1 Å². The van der Waals surface area contributed by atoms with Gasteiger partial charge in [0.1, 0.15) is 5.60 Å². The van der Waals surface area contributed by atoms with Gasteiger partial charge in [0.2, 0.25) is 0 Å².